The Bertz CT molecular complexity index is 602. The zero-order valence-corrected chi connectivity index (χ0v) is 13.2. The summed E-state index contributed by atoms with van der Waals surface area (Å²) >= 11 is 0. The van der Waals surface area contributed by atoms with Crippen LogP contribution in [0.25, 0.3) is 0 Å². The van der Waals surface area contributed by atoms with E-state index in [-0.39, 0.29) is 24.8 Å². The van der Waals surface area contributed by atoms with Gasteiger partial charge in [-0.3, -0.25) is 14.4 Å². The van der Waals surface area contributed by atoms with Gasteiger partial charge in [0.2, 0.25) is 5.91 Å². The summed E-state index contributed by atoms with van der Waals surface area (Å²) in [7, 11) is 1.25. The first-order chi connectivity index (χ1) is 11.0. The molecule has 0 aromatic heterocycles. The lowest BCUT2D eigenvalue weighted by molar-refractivity contribution is -0.151. The van der Waals surface area contributed by atoms with Crippen molar-refractivity contribution in [1.82, 2.24) is 10.2 Å². The van der Waals surface area contributed by atoms with Crippen LogP contribution in [0.2, 0.25) is 0 Å². The van der Waals surface area contributed by atoms with Crippen molar-refractivity contribution in [3.05, 3.63) is 29.8 Å². The quantitative estimate of drug-likeness (QED) is 0.787. The van der Waals surface area contributed by atoms with Crippen molar-refractivity contribution in [1.29, 1.82) is 0 Å². The summed E-state index contributed by atoms with van der Waals surface area (Å²) in [6.07, 6.45) is -0.168. The van der Waals surface area contributed by atoms with Gasteiger partial charge in [-0.15, -0.1) is 0 Å². The van der Waals surface area contributed by atoms with E-state index in [1.807, 2.05) is 25.1 Å². The molecule has 0 bridgehead atoms. The van der Waals surface area contributed by atoms with Crippen LogP contribution in [0.1, 0.15) is 12.0 Å². The minimum absolute atomic E-state index is 0.168. The Hall–Kier alpha value is -2.57. The molecule has 1 saturated heterocycles. The summed E-state index contributed by atoms with van der Waals surface area (Å²) in [5.41, 5.74) is 1.02. The number of aryl methyl sites for hydroxylation is 1. The molecule has 1 heterocycles. The molecule has 1 N–H and O–H groups in total. The van der Waals surface area contributed by atoms with Crippen molar-refractivity contribution in [2.45, 2.75) is 19.4 Å². The highest BCUT2D eigenvalue weighted by atomic mass is 16.5. The first-order valence-corrected chi connectivity index (χ1v) is 7.34. The molecule has 0 radical (unpaired) electrons. The molecule has 1 atom stereocenters. The van der Waals surface area contributed by atoms with Gasteiger partial charge in [-0.05, 0) is 24.6 Å². The highest BCUT2D eigenvalue weighted by molar-refractivity contribution is 5.92. The highest BCUT2D eigenvalue weighted by Crippen LogP contribution is 2.14. The molecular formula is C16H20N2O5. The summed E-state index contributed by atoms with van der Waals surface area (Å²) < 4.78 is 10.1. The predicted molar refractivity (Wildman–Crippen MR) is 81.8 cm³/mol. The Kier molecular flexibility index (Phi) is 5.56. The van der Waals surface area contributed by atoms with Gasteiger partial charge in [0.1, 0.15) is 11.8 Å². The van der Waals surface area contributed by atoms with Gasteiger partial charge >= 0.3 is 5.97 Å². The lowest BCUT2D eigenvalue weighted by Crippen LogP contribution is -2.58. The summed E-state index contributed by atoms with van der Waals surface area (Å²) in [6, 6.07) is 6.49. The predicted octanol–water partition coefficient (Wildman–Crippen LogP) is 0.264. The van der Waals surface area contributed by atoms with Crippen molar-refractivity contribution in [3.63, 3.8) is 0 Å². The van der Waals surface area contributed by atoms with Crippen molar-refractivity contribution in [3.8, 4) is 5.75 Å². The molecule has 2 rings (SSSR count). The van der Waals surface area contributed by atoms with Crippen LogP contribution >= 0.6 is 0 Å². The zero-order chi connectivity index (χ0) is 16.8. The second kappa shape index (κ2) is 7.62. The van der Waals surface area contributed by atoms with Crippen LogP contribution in [0.3, 0.4) is 0 Å². The van der Waals surface area contributed by atoms with Gasteiger partial charge in [0.05, 0.1) is 13.5 Å². The molecule has 7 heteroatoms. The molecule has 1 fully saturated rings. The van der Waals surface area contributed by atoms with Crippen molar-refractivity contribution in [2.75, 3.05) is 26.8 Å². The number of nitrogens with zero attached hydrogens (tertiary/aromatic N) is 1. The summed E-state index contributed by atoms with van der Waals surface area (Å²) in [6.45, 7) is 2.43. The van der Waals surface area contributed by atoms with Crippen LogP contribution in [0, 0.1) is 6.92 Å². The average molecular weight is 320 g/mol. The molecule has 0 aliphatic carbocycles. The standard InChI is InChI=1S/C16H20N2O5/c1-11-4-3-5-12(8-11)23-10-14(19)18-7-6-17-16(21)13(18)9-15(20)22-2/h3-5,8,13H,6-7,9-10H2,1-2H3,(H,17,21)/t13-/m0/s1. The fourth-order valence-electron chi connectivity index (χ4n) is 2.39. The lowest BCUT2D eigenvalue weighted by Gasteiger charge is -2.34. The molecule has 1 aliphatic heterocycles. The third-order valence-corrected chi connectivity index (χ3v) is 3.59. The highest BCUT2D eigenvalue weighted by Gasteiger charge is 2.35. The summed E-state index contributed by atoms with van der Waals surface area (Å²) in [5.74, 6) is -0.644. The van der Waals surface area contributed by atoms with E-state index in [1.54, 1.807) is 6.07 Å². The third-order valence-electron chi connectivity index (χ3n) is 3.59. The maximum atomic E-state index is 12.4. The molecule has 1 aromatic rings. The third kappa shape index (κ3) is 4.45. The molecule has 0 saturated carbocycles. The van der Waals surface area contributed by atoms with Crippen LogP contribution in [0.5, 0.6) is 5.75 Å². The van der Waals surface area contributed by atoms with Gasteiger partial charge < -0.3 is 19.7 Å². The van der Waals surface area contributed by atoms with E-state index in [4.69, 9.17) is 4.74 Å². The fraction of sp³-hybridized carbons (Fsp3) is 0.438. The molecule has 124 valence electrons. The molecule has 0 spiro atoms. The topological polar surface area (TPSA) is 84.9 Å². The molecular weight excluding hydrogens is 300 g/mol. The molecule has 2 amide bonds. The molecule has 7 nitrogen and oxygen atoms in total. The van der Waals surface area contributed by atoms with Crippen LogP contribution in [0.4, 0.5) is 0 Å². The first-order valence-electron chi connectivity index (χ1n) is 7.34. The monoisotopic (exact) mass is 320 g/mol. The second-order valence-corrected chi connectivity index (χ2v) is 5.28. The van der Waals surface area contributed by atoms with Crippen molar-refractivity contribution >= 4 is 17.8 Å². The van der Waals surface area contributed by atoms with E-state index in [9.17, 15) is 14.4 Å². The van der Waals surface area contributed by atoms with E-state index in [2.05, 4.69) is 10.1 Å². The molecule has 23 heavy (non-hydrogen) atoms. The maximum absolute atomic E-state index is 12.4. The van der Waals surface area contributed by atoms with Crippen LogP contribution in [-0.2, 0) is 19.1 Å². The minimum atomic E-state index is -0.857. The van der Waals surface area contributed by atoms with Crippen LogP contribution in [0.15, 0.2) is 24.3 Å². The lowest BCUT2D eigenvalue weighted by atomic mass is 10.1. The van der Waals surface area contributed by atoms with E-state index >= 15 is 0 Å². The van der Waals surface area contributed by atoms with Crippen LogP contribution in [-0.4, -0.2) is 55.5 Å². The Morgan fingerprint density at radius 3 is 2.87 bits per heavy atom. The van der Waals surface area contributed by atoms with Gasteiger partial charge in [-0.1, -0.05) is 12.1 Å². The number of hydrogen-bond donors (Lipinski definition) is 1. The molecule has 1 aliphatic rings. The van der Waals surface area contributed by atoms with Gasteiger partial charge in [0.15, 0.2) is 6.61 Å². The van der Waals surface area contributed by atoms with Crippen molar-refractivity contribution < 1.29 is 23.9 Å². The number of hydrogen-bond acceptors (Lipinski definition) is 5. The van der Waals surface area contributed by atoms with Crippen LogP contribution < -0.4 is 10.1 Å². The SMILES string of the molecule is COC(=O)C[C@H]1C(=O)NCCN1C(=O)COc1cccc(C)c1. The number of rotatable bonds is 5. The fourth-order valence-corrected chi connectivity index (χ4v) is 2.39. The summed E-state index contributed by atoms with van der Waals surface area (Å²) in [5, 5.41) is 2.65. The number of esters is 1. The number of benzene rings is 1. The second-order valence-electron chi connectivity index (χ2n) is 5.28. The minimum Gasteiger partial charge on any atom is -0.484 e. The Morgan fingerprint density at radius 2 is 2.17 bits per heavy atom. The number of nitrogens with one attached hydrogen (secondary N) is 1. The van der Waals surface area contributed by atoms with Gasteiger partial charge in [-0.2, -0.15) is 0 Å². The smallest absolute Gasteiger partial charge is 0.308 e. The first kappa shape index (κ1) is 16.8. The number of piperazine rings is 1. The average Bonchev–Trinajstić information content (AvgIpc) is 2.54. The Labute approximate surface area is 134 Å². The number of amides is 2. The Morgan fingerprint density at radius 1 is 1.39 bits per heavy atom. The van der Waals surface area contributed by atoms with Gasteiger partial charge in [0.25, 0.3) is 5.91 Å². The van der Waals surface area contributed by atoms with Gasteiger partial charge in [-0.25, -0.2) is 0 Å². The number of methoxy groups -OCH3 is 1. The van der Waals surface area contributed by atoms with Crippen molar-refractivity contribution in [2.24, 2.45) is 0 Å². The van der Waals surface area contributed by atoms with E-state index < -0.39 is 12.0 Å². The Balaban J connectivity index is 2.00. The zero-order valence-electron chi connectivity index (χ0n) is 13.2. The van der Waals surface area contributed by atoms with Gasteiger partial charge in [0, 0.05) is 13.1 Å². The number of carbonyl (C=O) groups is 3. The normalized spacial score (nSPS) is 17.4. The number of carbonyl (C=O) groups excluding carboxylic acids is 3. The van der Waals surface area contributed by atoms with E-state index in [1.165, 1.54) is 12.0 Å². The van der Waals surface area contributed by atoms with E-state index in [0.29, 0.717) is 18.8 Å². The molecule has 0 unspecified atom stereocenters. The van der Waals surface area contributed by atoms with E-state index in [0.717, 1.165) is 5.56 Å². The number of ether oxygens (including phenoxy) is 2. The molecule has 1 aromatic carbocycles. The maximum Gasteiger partial charge on any atom is 0.308 e. The largest absolute Gasteiger partial charge is 0.484 e. The summed E-state index contributed by atoms with van der Waals surface area (Å²) in [4.78, 5) is 37.1.